The summed E-state index contributed by atoms with van der Waals surface area (Å²) >= 11 is 0. The van der Waals surface area contributed by atoms with Crippen LogP contribution in [0.5, 0.6) is 0 Å². The van der Waals surface area contributed by atoms with E-state index in [1.54, 1.807) is 12.1 Å². The van der Waals surface area contributed by atoms with Gasteiger partial charge in [-0.1, -0.05) is 43.9 Å². The summed E-state index contributed by atoms with van der Waals surface area (Å²) in [5, 5.41) is 3.73. The van der Waals surface area contributed by atoms with Crippen LogP contribution in [-0.2, 0) is 6.42 Å². The highest BCUT2D eigenvalue weighted by Crippen LogP contribution is 2.34. The van der Waals surface area contributed by atoms with Crippen LogP contribution in [0.3, 0.4) is 0 Å². The van der Waals surface area contributed by atoms with E-state index in [9.17, 15) is 4.39 Å². The van der Waals surface area contributed by atoms with E-state index in [1.807, 2.05) is 25.1 Å². The summed E-state index contributed by atoms with van der Waals surface area (Å²) in [6.07, 6.45) is 7.05. The third kappa shape index (κ3) is 3.09. The summed E-state index contributed by atoms with van der Waals surface area (Å²) in [5.74, 6) is 0.720. The van der Waals surface area contributed by atoms with Crippen LogP contribution in [0.2, 0.25) is 0 Å². The van der Waals surface area contributed by atoms with Crippen molar-refractivity contribution in [2.45, 2.75) is 58.4 Å². The lowest BCUT2D eigenvalue weighted by Crippen LogP contribution is -2.23. The van der Waals surface area contributed by atoms with Crippen molar-refractivity contribution in [2.24, 2.45) is 0 Å². The number of aromatic nitrogens is 2. The van der Waals surface area contributed by atoms with Gasteiger partial charge < -0.3 is 5.32 Å². The molecule has 2 aromatic heterocycles. The van der Waals surface area contributed by atoms with Crippen LogP contribution in [0.15, 0.2) is 36.4 Å². The molecular formula is C22H26FN3. The summed E-state index contributed by atoms with van der Waals surface area (Å²) < 4.78 is 16.8. The van der Waals surface area contributed by atoms with Crippen LogP contribution in [0.25, 0.3) is 16.9 Å². The highest BCUT2D eigenvalue weighted by atomic mass is 19.1. The SMILES string of the molecule is CCc1cccc2nc(-c3cc(C)ccc3F)c(NC3CCCCC3)n12. The highest BCUT2D eigenvalue weighted by molar-refractivity contribution is 5.77. The number of imidazole rings is 1. The van der Waals surface area contributed by atoms with Gasteiger partial charge in [-0.15, -0.1) is 0 Å². The number of benzene rings is 1. The zero-order valence-corrected chi connectivity index (χ0v) is 15.6. The second-order valence-corrected chi connectivity index (χ2v) is 7.34. The first-order chi connectivity index (χ1) is 12.7. The van der Waals surface area contributed by atoms with Gasteiger partial charge in [0.1, 0.15) is 23.0 Å². The molecule has 4 rings (SSSR count). The highest BCUT2D eigenvalue weighted by Gasteiger charge is 2.22. The van der Waals surface area contributed by atoms with Gasteiger partial charge in [-0.2, -0.15) is 0 Å². The Morgan fingerprint density at radius 3 is 2.73 bits per heavy atom. The number of nitrogens with zero attached hydrogens (tertiary/aromatic N) is 2. The van der Waals surface area contributed by atoms with Crippen LogP contribution in [0, 0.1) is 12.7 Å². The van der Waals surface area contributed by atoms with Gasteiger partial charge in [-0.25, -0.2) is 9.37 Å². The maximum absolute atomic E-state index is 14.6. The first-order valence-electron chi connectivity index (χ1n) is 9.70. The van der Waals surface area contributed by atoms with Gasteiger partial charge in [0.05, 0.1) is 0 Å². The molecule has 26 heavy (non-hydrogen) atoms. The van der Waals surface area contributed by atoms with Gasteiger partial charge in [0.15, 0.2) is 0 Å². The summed E-state index contributed by atoms with van der Waals surface area (Å²) in [5.41, 5.74) is 4.40. The van der Waals surface area contributed by atoms with Crippen molar-refractivity contribution in [1.82, 2.24) is 9.38 Å². The molecule has 136 valence electrons. The van der Waals surface area contributed by atoms with Crippen molar-refractivity contribution in [3.8, 4) is 11.3 Å². The monoisotopic (exact) mass is 351 g/mol. The number of pyridine rings is 1. The molecule has 0 spiro atoms. The zero-order chi connectivity index (χ0) is 18.1. The topological polar surface area (TPSA) is 29.3 Å². The Bertz CT molecular complexity index is 923. The van der Waals surface area contributed by atoms with Crippen LogP contribution in [0.4, 0.5) is 10.2 Å². The van der Waals surface area contributed by atoms with Crippen LogP contribution >= 0.6 is 0 Å². The smallest absolute Gasteiger partial charge is 0.139 e. The van der Waals surface area contributed by atoms with E-state index < -0.39 is 0 Å². The van der Waals surface area contributed by atoms with Crippen molar-refractivity contribution < 1.29 is 4.39 Å². The first kappa shape index (κ1) is 17.1. The molecule has 0 amide bonds. The van der Waals surface area contributed by atoms with Gasteiger partial charge in [0.25, 0.3) is 0 Å². The van der Waals surface area contributed by atoms with Gasteiger partial charge in [-0.05, 0) is 50.5 Å². The summed E-state index contributed by atoms with van der Waals surface area (Å²) in [4.78, 5) is 4.82. The standard InChI is InChI=1S/C22H26FN3/c1-3-17-10-7-11-20-25-21(18-14-15(2)12-13-19(18)23)22(26(17)20)24-16-8-5-4-6-9-16/h7,10-14,16,24H,3-6,8-9H2,1-2H3. The number of anilines is 1. The average Bonchev–Trinajstić information content (AvgIpc) is 3.03. The summed E-state index contributed by atoms with van der Waals surface area (Å²) in [7, 11) is 0. The van der Waals surface area contributed by atoms with Crippen molar-refractivity contribution in [1.29, 1.82) is 0 Å². The fourth-order valence-electron chi connectivity index (χ4n) is 4.02. The van der Waals surface area contributed by atoms with Crippen molar-refractivity contribution in [3.63, 3.8) is 0 Å². The molecule has 1 N–H and O–H groups in total. The molecule has 0 bridgehead atoms. The van der Waals surface area contributed by atoms with Crippen molar-refractivity contribution in [2.75, 3.05) is 5.32 Å². The van der Waals surface area contributed by atoms with Crippen LogP contribution in [0.1, 0.15) is 50.3 Å². The molecule has 1 aromatic carbocycles. The van der Waals surface area contributed by atoms with Gasteiger partial charge >= 0.3 is 0 Å². The second kappa shape index (κ2) is 7.10. The third-order valence-electron chi connectivity index (χ3n) is 5.41. The predicted octanol–water partition coefficient (Wildman–Crippen LogP) is 5.76. The van der Waals surface area contributed by atoms with E-state index in [2.05, 4.69) is 22.7 Å². The number of nitrogens with one attached hydrogen (secondary N) is 1. The number of aryl methyl sites for hydroxylation is 2. The first-order valence-corrected chi connectivity index (χ1v) is 9.70. The minimum absolute atomic E-state index is 0.219. The quantitative estimate of drug-likeness (QED) is 0.648. The van der Waals surface area contributed by atoms with E-state index in [0.29, 0.717) is 11.6 Å². The summed E-state index contributed by atoms with van der Waals surface area (Å²) in [6.45, 7) is 4.14. The normalized spacial score (nSPS) is 15.5. The Balaban J connectivity index is 1.90. The molecular weight excluding hydrogens is 325 g/mol. The molecule has 0 unspecified atom stereocenters. The number of halogens is 1. The van der Waals surface area contributed by atoms with E-state index in [-0.39, 0.29) is 5.82 Å². The Morgan fingerprint density at radius 2 is 1.96 bits per heavy atom. The van der Waals surface area contributed by atoms with Crippen molar-refractivity contribution in [3.05, 3.63) is 53.5 Å². The molecule has 1 fully saturated rings. The molecule has 1 aliphatic carbocycles. The predicted molar refractivity (Wildman–Crippen MR) is 105 cm³/mol. The van der Waals surface area contributed by atoms with Crippen LogP contribution < -0.4 is 5.32 Å². The zero-order valence-electron chi connectivity index (χ0n) is 15.6. The lowest BCUT2D eigenvalue weighted by atomic mass is 9.95. The molecule has 0 atom stereocenters. The molecule has 1 saturated carbocycles. The molecule has 1 aliphatic rings. The molecule has 0 saturated heterocycles. The minimum atomic E-state index is -0.219. The Morgan fingerprint density at radius 1 is 1.15 bits per heavy atom. The van der Waals surface area contributed by atoms with E-state index in [1.165, 1.54) is 25.0 Å². The fourth-order valence-corrected chi connectivity index (χ4v) is 4.02. The van der Waals surface area contributed by atoms with Gasteiger partial charge in [0, 0.05) is 17.3 Å². The summed E-state index contributed by atoms with van der Waals surface area (Å²) in [6, 6.07) is 11.8. The number of fused-ring (bicyclic) bond motifs is 1. The van der Waals surface area contributed by atoms with Gasteiger partial charge in [-0.3, -0.25) is 4.40 Å². The maximum Gasteiger partial charge on any atom is 0.139 e. The second-order valence-electron chi connectivity index (χ2n) is 7.34. The molecule has 2 heterocycles. The molecule has 0 aliphatic heterocycles. The number of rotatable bonds is 4. The van der Waals surface area contributed by atoms with Crippen LogP contribution in [-0.4, -0.2) is 15.4 Å². The van der Waals surface area contributed by atoms with E-state index in [0.717, 1.165) is 42.0 Å². The minimum Gasteiger partial charge on any atom is -0.367 e. The Kier molecular flexibility index (Phi) is 4.66. The van der Waals surface area contributed by atoms with Gasteiger partial charge in [0.2, 0.25) is 0 Å². The number of hydrogen-bond acceptors (Lipinski definition) is 2. The average molecular weight is 351 g/mol. The number of hydrogen-bond donors (Lipinski definition) is 1. The lowest BCUT2D eigenvalue weighted by molar-refractivity contribution is 0.461. The Labute approximate surface area is 154 Å². The third-order valence-corrected chi connectivity index (χ3v) is 5.41. The molecule has 3 nitrogen and oxygen atoms in total. The van der Waals surface area contributed by atoms with Crippen molar-refractivity contribution >= 4 is 11.5 Å². The molecule has 3 aromatic rings. The largest absolute Gasteiger partial charge is 0.367 e. The maximum atomic E-state index is 14.6. The van der Waals surface area contributed by atoms with E-state index in [4.69, 9.17) is 4.98 Å². The molecule has 4 heteroatoms. The fraction of sp³-hybridized carbons (Fsp3) is 0.409. The Hall–Kier alpha value is -2.36. The molecule has 0 radical (unpaired) electrons. The lowest BCUT2D eigenvalue weighted by Gasteiger charge is -2.24. The van der Waals surface area contributed by atoms with E-state index >= 15 is 0 Å².